The van der Waals surface area contributed by atoms with Crippen molar-refractivity contribution in [2.24, 2.45) is 11.7 Å². The monoisotopic (exact) mass is 253 g/mol. The van der Waals surface area contributed by atoms with Crippen LogP contribution in [0, 0.1) is 11.7 Å². The maximum Gasteiger partial charge on any atom is 0.186 e. The molecular weight excluding hydrogens is 233 g/mol. The van der Waals surface area contributed by atoms with Gasteiger partial charge in [-0.05, 0) is 24.0 Å². The Morgan fingerprint density at radius 3 is 2.56 bits per heavy atom. The fraction of sp³-hybridized carbons (Fsp3) is 0.571. The van der Waals surface area contributed by atoms with Gasteiger partial charge in [0.15, 0.2) is 6.29 Å². The highest BCUT2D eigenvalue weighted by Crippen LogP contribution is 2.26. The van der Waals surface area contributed by atoms with Crippen molar-refractivity contribution >= 4 is 0 Å². The molecule has 0 amide bonds. The summed E-state index contributed by atoms with van der Waals surface area (Å²) in [5, 5.41) is 0. The number of hydrogen-bond donors (Lipinski definition) is 1. The molecule has 1 unspecified atom stereocenters. The van der Waals surface area contributed by atoms with Gasteiger partial charge >= 0.3 is 0 Å². The van der Waals surface area contributed by atoms with E-state index in [4.69, 9.17) is 15.2 Å². The van der Waals surface area contributed by atoms with Crippen LogP contribution in [0.5, 0.6) is 0 Å². The van der Waals surface area contributed by atoms with Crippen LogP contribution in [0.2, 0.25) is 0 Å². The average molecular weight is 253 g/mol. The van der Waals surface area contributed by atoms with Crippen LogP contribution < -0.4 is 5.73 Å². The smallest absolute Gasteiger partial charge is 0.186 e. The minimum atomic E-state index is -0.558. The van der Waals surface area contributed by atoms with E-state index >= 15 is 0 Å². The molecule has 0 aliphatic carbocycles. The standard InChI is InChI=1S/C14H20FNO2/c1-9(2)13(16)8-10-3-4-11(12(15)7-10)14-17-5-6-18-14/h3-4,7,9,13-14H,5-6,8,16H2,1-2H3. The lowest BCUT2D eigenvalue weighted by Gasteiger charge is -2.16. The maximum absolute atomic E-state index is 14.0. The first kappa shape index (κ1) is 13.5. The summed E-state index contributed by atoms with van der Waals surface area (Å²) in [5.41, 5.74) is 7.37. The van der Waals surface area contributed by atoms with Crippen LogP contribution in [-0.4, -0.2) is 19.3 Å². The molecule has 1 aliphatic heterocycles. The third-order valence-corrected chi connectivity index (χ3v) is 3.27. The SMILES string of the molecule is CC(C)C(N)Cc1ccc(C2OCCO2)c(F)c1. The van der Waals surface area contributed by atoms with Crippen molar-refractivity contribution in [2.75, 3.05) is 13.2 Å². The Labute approximate surface area is 107 Å². The van der Waals surface area contributed by atoms with Gasteiger partial charge < -0.3 is 15.2 Å². The molecule has 0 bridgehead atoms. The second-order valence-corrected chi connectivity index (χ2v) is 5.04. The molecule has 1 aromatic rings. The topological polar surface area (TPSA) is 44.5 Å². The summed E-state index contributed by atoms with van der Waals surface area (Å²) in [6, 6.07) is 5.20. The lowest BCUT2D eigenvalue weighted by Crippen LogP contribution is -2.28. The van der Waals surface area contributed by atoms with E-state index in [0.29, 0.717) is 31.1 Å². The highest BCUT2D eigenvalue weighted by molar-refractivity contribution is 5.26. The van der Waals surface area contributed by atoms with Gasteiger partial charge in [0.2, 0.25) is 0 Å². The van der Waals surface area contributed by atoms with Gasteiger partial charge in [0, 0.05) is 11.6 Å². The summed E-state index contributed by atoms with van der Waals surface area (Å²) in [5.74, 6) is 0.101. The van der Waals surface area contributed by atoms with E-state index in [1.54, 1.807) is 6.07 Å². The van der Waals surface area contributed by atoms with Crippen LogP contribution in [0.1, 0.15) is 31.3 Å². The van der Waals surface area contributed by atoms with E-state index in [1.165, 1.54) is 6.07 Å². The number of benzene rings is 1. The second kappa shape index (κ2) is 5.78. The first-order valence-corrected chi connectivity index (χ1v) is 6.35. The molecular formula is C14H20FNO2. The fourth-order valence-electron chi connectivity index (χ4n) is 1.93. The Morgan fingerprint density at radius 2 is 2.00 bits per heavy atom. The van der Waals surface area contributed by atoms with Crippen molar-refractivity contribution in [3.05, 3.63) is 35.1 Å². The van der Waals surface area contributed by atoms with Crippen LogP contribution in [0.4, 0.5) is 4.39 Å². The molecule has 100 valence electrons. The highest BCUT2D eigenvalue weighted by atomic mass is 19.1. The van der Waals surface area contributed by atoms with E-state index in [9.17, 15) is 4.39 Å². The summed E-state index contributed by atoms with van der Waals surface area (Å²) in [4.78, 5) is 0. The summed E-state index contributed by atoms with van der Waals surface area (Å²) in [7, 11) is 0. The summed E-state index contributed by atoms with van der Waals surface area (Å²) in [6.45, 7) is 5.17. The molecule has 3 nitrogen and oxygen atoms in total. The molecule has 1 saturated heterocycles. The Hall–Kier alpha value is -0.970. The molecule has 2 N–H and O–H groups in total. The lowest BCUT2D eigenvalue weighted by atomic mass is 9.96. The first-order chi connectivity index (χ1) is 8.58. The molecule has 0 aromatic heterocycles. The molecule has 1 aliphatic rings. The van der Waals surface area contributed by atoms with Crippen LogP contribution in [0.15, 0.2) is 18.2 Å². The largest absolute Gasteiger partial charge is 0.346 e. The molecule has 0 saturated carbocycles. The number of hydrogen-bond acceptors (Lipinski definition) is 3. The predicted octanol–water partition coefficient (Wildman–Crippen LogP) is 2.40. The van der Waals surface area contributed by atoms with Crippen LogP contribution in [0.3, 0.4) is 0 Å². The van der Waals surface area contributed by atoms with Gasteiger partial charge in [-0.25, -0.2) is 4.39 Å². The maximum atomic E-state index is 14.0. The lowest BCUT2D eigenvalue weighted by molar-refractivity contribution is -0.0464. The van der Waals surface area contributed by atoms with E-state index in [-0.39, 0.29) is 11.9 Å². The zero-order chi connectivity index (χ0) is 13.1. The fourth-order valence-corrected chi connectivity index (χ4v) is 1.93. The molecule has 1 atom stereocenters. The third-order valence-electron chi connectivity index (χ3n) is 3.27. The Kier molecular flexibility index (Phi) is 4.32. The van der Waals surface area contributed by atoms with Gasteiger partial charge in [0.25, 0.3) is 0 Å². The number of halogens is 1. The zero-order valence-electron chi connectivity index (χ0n) is 10.9. The molecule has 18 heavy (non-hydrogen) atoms. The quantitative estimate of drug-likeness (QED) is 0.896. The molecule has 1 fully saturated rings. The molecule has 1 aromatic carbocycles. The molecule has 4 heteroatoms. The minimum absolute atomic E-state index is 0.0502. The average Bonchev–Trinajstić information content (AvgIpc) is 2.82. The summed E-state index contributed by atoms with van der Waals surface area (Å²) < 4.78 is 24.5. The van der Waals surface area contributed by atoms with Crippen molar-refractivity contribution in [3.8, 4) is 0 Å². The highest BCUT2D eigenvalue weighted by Gasteiger charge is 2.22. The minimum Gasteiger partial charge on any atom is -0.346 e. The van der Waals surface area contributed by atoms with Crippen LogP contribution >= 0.6 is 0 Å². The number of rotatable bonds is 4. The molecule has 2 rings (SSSR count). The van der Waals surface area contributed by atoms with Gasteiger partial charge in [-0.15, -0.1) is 0 Å². The van der Waals surface area contributed by atoms with Crippen LogP contribution in [-0.2, 0) is 15.9 Å². The van der Waals surface area contributed by atoms with Crippen molar-refractivity contribution in [1.29, 1.82) is 0 Å². The van der Waals surface area contributed by atoms with Gasteiger partial charge in [0.05, 0.1) is 13.2 Å². The van der Waals surface area contributed by atoms with Crippen molar-refractivity contribution in [3.63, 3.8) is 0 Å². The van der Waals surface area contributed by atoms with E-state index in [2.05, 4.69) is 13.8 Å². The second-order valence-electron chi connectivity index (χ2n) is 5.04. The van der Waals surface area contributed by atoms with E-state index in [1.807, 2.05) is 6.07 Å². The van der Waals surface area contributed by atoms with Crippen LogP contribution in [0.25, 0.3) is 0 Å². The van der Waals surface area contributed by atoms with Gasteiger partial charge in [0.1, 0.15) is 5.82 Å². The zero-order valence-corrected chi connectivity index (χ0v) is 10.9. The van der Waals surface area contributed by atoms with E-state index < -0.39 is 6.29 Å². The van der Waals surface area contributed by atoms with Crippen molar-refractivity contribution in [2.45, 2.75) is 32.6 Å². The molecule has 0 radical (unpaired) electrons. The van der Waals surface area contributed by atoms with Crippen molar-refractivity contribution < 1.29 is 13.9 Å². The molecule has 1 heterocycles. The summed E-state index contributed by atoms with van der Waals surface area (Å²) in [6.07, 6.45) is 0.124. The Morgan fingerprint density at radius 1 is 1.33 bits per heavy atom. The van der Waals surface area contributed by atoms with Crippen molar-refractivity contribution in [1.82, 2.24) is 0 Å². The third kappa shape index (κ3) is 3.07. The summed E-state index contributed by atoms with van der Waals surface area (Å²) >= 11 is 0. The number of nitrogens with two attached hydrogens (primary N) is 1. The van der Waals surface area contributed by atoms with Gasteiger partial charge in [-0.2, -0.15) is 0 Å². The van der Waals surface area contributed by atoms with Gasteiger partial charge in [-0.3, -0.25) is 0 Å². The van der Waals surface area contributed by atoms with Gasteiger partial charge in [-0.1, -0.05) is 26.0 Å². The normalized spacial score (nSPS) is 18.5. The van der Waals surface area contributed by atoms with E-state index in [0.717, 1.165) is 5.56 Å². The first-order valence-electron chi connectivity index (χ1n) is 6.35. The number of ether oxygens (including phenoxy) is 2. The Bertz CT molecular complexity index is 403. The predicted molar refractivity (Wildman–Crippen MR) is 67.6 cm³/mol. The molecule has 0 spiro atoms. The Balaban J connectivity index is 2.09.